The molecule has 5 rings (SSSR count). The summed E-state index contributed by atoms with van der Waals surface area (Å²) in [4.78, 5) is 32.8. The number of ether oxygens (including phenoxy) is 1. The minimum atomic E-state index is -0.222. The van der Waals surface area contributed by atoms with Crippen LogP contribution >= 0.6 is 0 Å². The number of fused-ring (bicyclic) bond motifs is 1. The number of nitrogens with one attached hydrogen (secondary N) is 1. The second-order valence-electron chi connectivity index (χ2n) is 8.92. The summed E-state index contributed by atoms with van der Waals surface area (Å²) in [6.45, 7) is 2.58. The van der Waals surface area contributed by atoms with Gasteiger partial charge in [-0.3, -0.25) is 9.59 Å². The van der Waals surface area contributed by atoms with Gasteiger partial charge < -0.3 is 19.5 Å². The summed E-state index contributed by atoms with van der Waals surface area (Å²) in [5, 5.41) is 1.20. The Morgan fingerprint density at radius 1 is 1.12 bits per heavy atom. The number of piperidine rings is 1. The lowest BCUT2D eigenvalue weighted by Crippen LogP contribution is -2.42. The summed E-state index contributed by atoms with van der Waals surface area (Å²) in [6.07, 6.45) is 4.30. The van der Waals surface area contributed by atoms with Crippen molar-refractivity contribution >= 4 is 22.7 Å². The van der Waals surface area contributed by atoms with E-state index in [0.29, 0.717) is 25.4 Å². The van der Waals surface area contributed by atoms with Gasteiger partial charge in [0.2, 0.25) is 11.8 Å². The van der Waals surface area contributed by atoms with Gasteiger partial charge in [-0.25, -0.2) is 0 Å². The highest BCUT2D eigenvalue weighted by Crippen LogP contribution is 2.35. The van der Waals surface area contributed by atoms with Gasteiger partial charge in [-0.1, -0.05) is 30.3 Å². The number of aromatic nitrogens is 1. The van der Waals surface area contributed by atoms with Gasteiger partial charge in [0, 0.05) is 49.7 Å². The summed E-state index contributed by atoms with van der Waals surface area (Å²) in [6, 6.07) is 16.1. The fourth-order valence-corrected chi connectivity index (χ4v) is 5.15. The van der Waals surface area contributed by atoms with Gasteiger partial charge >= 0.3 is 0 Å². The normalized spacial score (nSPS) is 19.7. The molecule has 3 aromatic rings. The van der Waals surface area contributed by atoms with Crippen molar-refractivity contribution in [1.29, 1.82) is 0 Å². The predicted octanol–water partition coefficient (Wildman–Crippen LogP) is 3.93. The van der Waals surface area contributed by atoms with Crippen molar-refractivity contribution in [2.45, 2.75) is 31.7 Å². The lowest BCUT2D eigenvalue weighted by atomic mass is 9.88. The molecule has 0 spiro atoms. The number of methoxy groups -OCH3 is 1. The Bertz CT molecular complexity index is 1120. The number of hydrogen-bond donors (Lipinski definition) is 1. The maximum absolute atomic E-state index is 13.2. The maximum atomic E-state index is 13.2. The molecule has 1 aromatic heterocycles. The van der Waals surface area contributed by atoms with Crippen LogP contribution in [0, 0.1) is 5.92 Å². The molecule has 6 heteroatoms. The molecule has 1 unspecified atom stereocenters. The average molecular weight is 432 g/mol. The van der Waals surface area contributed by atoms with Crippen LogP contribution < -0.4 is 4.74 Å². The molecule has 3 heterocycles. The van der Waals surface area contributed by atoms with Crippen molar-refractivity contribution in [2.24, 2.45) is 5.92 Å². The van der Waals surface area contributed by atoms with E-state index in [1.807, 2.05) is 46.2 Å². The van der Waals surface area contributed by atoms with Crippen LogP contribution in [0.15, 0.2) is 54.7 Å². The SMILES string of the molecule is COc1ccc2[nH]cc(C3CCN(C(=O)C4CC(=O)N(Cc5ccccc5)C4)CC3)c2c1. The fourth-order valence-electron chi connectivity index (χ4n) is 5.15. The molecule has 1 atom stereocenters. The van der Waals surface area contributed by atoms with Crippen LogP contribution in [-0.2, 0) is 16.1 Å². The Balaban J connectivity index is 1.20. The van der Waals surface area contributed by atoms with Crippen LogP contribution in [0.25, 0.3) is 10.9 Å². The third-order valence-corrected chi connectivity index (χ3v) is 6.95. The minimum Gasteiger partial charge on any atom is -0.497 e. The lowest BCUT2D eigenvalue weighted by molar-refractivity contribution is -0.136. The van der Waals surface area contributed by atoms with E-state index in [9.17, 15) is 9.59 Å². The highest BCUT2D eigenvalue weighted by Gasteiger charge is 2.37. The second kappa shape index (κ2) is 8.69. The van der Waals surface area contributed by atoms with Crippen molar-refractivity contribution in [1.82, 2.24) is 14.8 Å². The summed E-state index contributed by atoms with van der Waals surface area (Å²) >= 11 is 0. The average Bonchev–Trinajstić information content (AvgIpc) is 3.42. The Morgan fingerprint density at radius 3 is 2.66 bits per heavy atom. The molecule has 166 valence electrons. The van der Waals surface area contributed by atoms with Crippen LogP contribution in [0.4, 0.5) is 0 Å². The molecule has 2 saturated heterocycles. The zero-order chi connectivity index (χ0) is 22.1. The molecule has 0 aliphatic carbocycles. The fraction of sp³-hybridized carbons (Fsp3) is 0.385. The molecule has 0 bridgehead atoms. The van der Waals surface area contributed by atoms with Crippen molar-refractivity contribution < 1.29 is 14.3 Å². The molecule has 2 aliphatic rings. The molecule has 2 amide bonds. The van der Waals surface area contributed by atoms with E-state index in [0.717, 1.165) is 42.8 Å². The third-order valence-electron chi connectivity index (χ3n) is 6.95. The number of benzene rings is 2. The largest absolute Gasteiger partial charge is 0.497 e. The predicted molar refractivity (Wildman–Crippen MR) is 123 cm³/mol. The summed E-state index contributed by atoms with van der Waals surface area (Å²) in [7, 11) is 1.69. The number of aromatic amines is 1. The molecule has 0 radical (unpaired) electrons. The standard InChI is InChI=1S/C26H29N3O3/c1-32-21-7-8-24-22(14-21)23(15-27-24)19-9-11-28(12-10-19)26(31)20-13-25(30)29(17-20)16-18-5-3-2-4-6-18/h2-8,14-15,19-20,27H,9-13,16-17H2,1H3. The van der Waals surface area contributed by atoms with E-state index < -0.39 is 0 Å². The van der Waals surface area contributed by atoms with Gasteiger partial charge in [-0.2, -0.15) is 0 Å². The number of rotatable bonds is 5. The van der Waals surface area contributed by atoms with Gasteiger partial charge in [0.25, 0.3) is 0 Å². The van der Waals surface area contributed by atoms with Crippen LogP contribution in [-0.4, -0.2) is 53.3 Å². The number of amides is 2. The quantitative estimate of drug-likeness (QED) is 0.666. The molecular weight excluding hydrogens is 402 g/mol. The van der Waals surface area contributed by atoms with Crippen LogP contribution in [0.1, 0.15) is 36.3 Å². The Labute approximate surface area is 188 Å². The Hall–Kier alpha value is -3.28. The number of likely N-dealkylation sites (tertiary alicyclic amines) is 2. The monoisotopic (exact) mass is 431 g/mol. The van der Waals surface area contributed by atoms with Crippen LogP contribution in [0.3, 0.4) is 0 Å². The van der Waals surface area contributed by atoms with Gasteiger partial charge in [0.1, 0.15) is 5.75 Å². The topological polar surface area (TPSA) is 65.6 Å². The Morgan fingerprint density at radius 2 is 1.91 bits per heavy atom. The zero-order valence-electron chi connectivity index (χ0n) is 18.4. The number of carbonyl (C=O) groups excluding carboxylic acids is 2. The maximum Gasteiger partial charge on any atom is 0.227 e. The summed E-state index contributed by atoms with van der Waals surface area (Å²) in [5.41, 5.74) is 3.52. The number of nitrogens with zero attached hydrogens (tertiary/aromatic N) is 2. The van der Waals surface area contributed by atoms with E-state index in [1.165, 1.54) is 10.9 Å². The van der Waals surface area contributed by atoms with Crippen LogP contribution in [0.2, 0.25) is 0 Å². The lowest BCUT2D eigenvalue weighted by Gasteiger charge is -2.33. The zero-order valence-corrected chi connectivity index (χ0v) is 18.4. The van der Waals surface area contributed by atoms with Crippen molar-refractivity contribution in [3.8, 4) is 5.75 Å². The first kappa shape index (κ1) is 20.6. The summed E-state index contributed by atoms with van der Waals surface area (Å²) < 4.78 is 5.40. The van der Waals surface area contributed by atoms with Crippen LogP contribution in [0.5, 0.6) is 5.75 Å². The first-order valence-electron chi connectivity index (χ1n) is 11.4. The molecule has 1 N–H and O–H groups in total. The van der Waals surface area contributed by atoms with Crippen molar-refractivity contribution in [2.75, 3.05) is 26.7 Å². The van der Waals surface area contributed by atoms with E-state index >= 15 is 0 Å². The first-order chi connectivity index (χ1) is 15.6. The Kier molecular flexibility index (Phi) is 5.60. The number of carbonyl (C=O) groups is 2. The molecule has 6 nitrogen and oxygen atoms in total. The van der Waals surface area contributed by atoms with Gasteiger partial charge in [0.05, 0.1) is 13.0 Å². The van der Waals surface area contributed by atoms with E-state index in [-0.39, 0.29) is 17.7 Å². The number of hydrogen-bond acceptors (Lipinski definition) is 3. The molecule has 2 fully saturated rings. The highest BCUT2D eigenvalue weighted by atomic mass is 16.5. The smallest absolute Gasteiger partial charge is 0.227 e. The number of H-pyrrole nitrogens is 1. The van der Waals surface area contributed by atoms with E-state index in [4.69, 9.17) is 4.74 Å². The molecule has 0 saturated carbocycles. The molecule has 32 heavy (non-hydrogen) atoms. The minimum absolute atomic E-state index is 0.0785. The van der Waals surface area contributed by atoms with Crippen molar-refractivity contribution in [3.05, 3.63) is 65.9 Å². The summed E-state index contributed by atoms with van der Waals surface area (Å²) in [5.74, 6) is 1.26. The molecule has 2 aromatic carbocycles. The molecule has 2 aliphatic heterocycles. The highest BCUT2D eigenvalue weighted by molar-refractivity contribution is 5.89. The van der Waals surface area contributed by atoms with Gasteiger partial charge in [-0.15, -0.1) is 0 Å². The van der Waals surface area contributed by atoms with Gasteiger partial charge in [-0.05, 0) is 48.1 Å². The van der Waals surface area contributed by atoms with Gasteiger partial charge in [0.15, 0.2) is 0 Å². The third kappa shape index (κ3) is 3.97. The van der Waals surface area contributed by atoms with E-state index in [2.05, 4.69) is 23.3 Å². The first-order valence-corrected chi connectivity index (χ1v) is 11.4. The van der Waals surface area contributed by atoms with Crippen molar-refractivity contribution in [3.63, 3.8) is 0 Å². The molecular formula is C26H29N3O3. The second-order valence-corrected chi connectivity index (χ2v) is 8.92. The van der Waals surface area contributed by atoms with E-state index in [1.54, 1.807) is 7.11 Å².